The molecule has 2 unspecified atom stereocenters. The summed E-state index contributed by atoms with van der Waals surface area (Å²) in [5.74, 6) is 2.00. The second kappa shape index (κ2) is 6.30. The maximum Gasteiger partial charge on any atom is 0.140 e. The molecule has 2 atom stereocenters. The molecule has 3 N–H and O–H groups in total. The van der Waals surface area contributed by atoms with Crippen LogP contribution in [0.15, 0.2) is 34.3 Å². The fourth-order valence-corrected chi connectivity index (χ4v) is 3.65. The van der Waals surface area contributed by atoms with Crippen LogP contribution in [0.1, 0.15) is 24.8 Å². The first-order valence-corrected chi connectivity index (χ1v) is 7.48. The molecule has 0 bridgehead atoms. The van der Waals surface area contributed by atoms with Crippen LogP contribution in [-0.4, -0.2) is 41.3 Å². The van der Waals surface area contributed by atoms with Crippen molar-refractivity contribution in [2.45, 2.75) is 30.2 Å². The largest absolute Gasteiger partial charge is 0.409 e. The van der Waals surface area contributed by atoms with Crippen molar-refractivity contribution in [1.82, 2.24) is 4.90 Å². The maximum atomic E-state index is 8.62. The molecule has 0 fully saturated rings. The highest BCUT2D eigenvalue weighted by Crippen LogP contribution is 2.39. The minimum absolute atomic E-state index is 0.272. The average molecular weight is 279 g/mol. The van der Waals surface area contributed by atoms with Crippen LogP contribution in [0.25, 0.3) is 0 Å². The molecule has 0 radical (unpaired) electrons. The van der Waals surface area contributed by atoms with Gasteiger partial charge in [-0.25, -0.2) is 0 Å². The third kappa shape index (κ3) is 3.42. The highest BCUT2D eigenvalue weighted by molar-refractivity contribution is 7.99. The lowest BCUT2D eigenvalue weighted by atomic mass is 10.00. The molecule has 104 valence electrons. The van der Waals surface area contributed by atoms with E-state index in [1.165, 1.54) is 10.5 Å². The van der Waals surface area contributed by atoms with Crippen molar-refractivity contribution in [2.24, 2.45) is 10.9 Å². The van der Waals surface area contributed by atoms with Gasteiger partial charge in [-0.15, -0.1) is 11.8 Å². The van der Waals surface area contributed by atoms with Gasteiger partial charge in [0, 0.05) is 35.6 Å². The Morgan fingerprint density at radius 3 is 3.05 bits per heavy atom. The Bertz CT molecular complexity index is 464. The topological polar surface area (TPSA) is 61.9 Å². The molecule has 4 nitrogen and oxygen atoms in total. The number of fused-ring (bicyclic) bond motifs is 1. The van der Waals surface area contributed by atoms with Gasteiger partial charge in [0.2, 0.25) is 0 Å². The van der Waals surface area contributed by atoms with Crippen LogP contribution in [0.2, 0.25) is 0 Å². The maximum absolute atomic E-state index is 8.62. The summed E-state index contributed by atoms with van der Waals surface area (Å²) < 4.78 is 0. The Balaban J connectivity index is 1.95. The minimum atomic E-state index is 0.272. The predicted molar refractivity (Wildman–Crippen MR) is 80.0 cm³/mol. The number of rotatable bonds is 5. The Labute approximate surface area is 118 Å². The highest BCUT2D eigenvalue weighted by Gasteiger charge is 2.25. The van der Waals surface area contributed by atoms with Gasteiger partial charge < -0.3 is 15.8 Å². The van der Waals surface area contributed by atoms with Crippen molar-refractivity contribution in [3.05, 3.63) is 29.8 Å². The molecular formula is C14H21N3OS. The van der Waals surface area contributed by atoms with Crippen LogP contribution >= 0.6 is 11.8 Å². The van der Waals surface area contributed by atoms with Gasteiger partial charge in [0.05, 0.1) is 0 Å². The molecule has 1 aromatic rings. The molecule has 5 heteroatoms. The third-order valence-corrected chi connectivity index (χ3v) is 4.94. The molecule has 1 aromatic carbocycles. The summed E-state index contributed by atoms with van der Waals surface area (Å²) in [6.07, 6.45) is 0.592. The zero-order valence-electron chi connectivity index (χ0n) is 11.4. The molecule has 19 heavy (non-hydrogen) atoms. The van der Waals surface area contributed by atoms with Crippen LogP contribution in [0.3, 0.4) is 0 Å². The zero-order valence-corrected chi connectivity index (χ0v) is 12.2. The van der Waals surface area contributed by atoms with E-state index in [2.05, 4.69) is 48.3 Å². The van der Waals surface area contributed by atoms with E-state index in [4.69, 9.17) is 10.9 Å². The second-order valence-electron chi connectivity index (χ2n) is 5.13. The normalized spacial score (nSPS) is 20.6. The van der Waals surface area contributed by atoms with E-state index in [9.17, 15) is 0 Å². The van der Waals surface area contributed by atoms with Crippen LogP contribution < -0.4 is 5.73 Å². The number of amidine groups is 1. The first-order valence-electron chi connectivity index (χ1n) is 6.50. The van der Waals surface area contributed by atoms with Gasteiger partial charge in [-0.2, -0.15) is 0 Å². The van der Waals surface area contributed by atoms with Crippen molar-refractivity contribution < 1.29 is 5.21 Å². The monoisotopic (exact) mass is 279 g/mol. The summed E-state index contributed by atoms with van der Waals surface area (Å²) in [5, 5.41) is 11.7. The van der Waals surface area contributed by atoms with E-state index in [1.807, 2.05) is 11.8 Å². The number of hydrogen-bond acceptors (Lipinski definition) is 4. The molecule has 0 spiro atoms. The summed E-state index contributed by atoms with van der Waals surface area (Å²) >= 11 is 1.93. The Hall–Kier alpha value is -1.20. The van der Waals surface area contributed by atoms with Gasteiger partial charge in [-0.05, 0) is 25.6 Å². The first kappa shape index (κ1) is 14.2. The van der Waals surface area contributed by atoms with E-state index >= 15 is 0 Å². The lowest BCUT2D eigenvalue weighted by Gasteiger charge is -2.27. The molecule has 2 rings (SSSR count). The van der Waals surface area contributed by atoms with Gasteiger partial charge in [0.25, 0.3) is 0 Å². The molecule has 0 amide bonds. The number of thioether (sulfide) groups is 1. The fraction of sp³-hybridized carbons (Fsp3) is 0.500. The lowest BCUT2D eigenvalue weighted by Crippen LogP contribution is -2.36. The average Bonchev–Trinajstić information content (AvgIpc) is 2.82. The second-order valence-corrected chi connectivity index (χ2v) is 6.19. The molecule has 0 aliphatic carbocycles. The number of benzene rings is 1. The van der Waals surface area contributed by atoms with Gasteiger partial charge in [-0.1, -0.05) is 23.4 Å². The summed E-state index contributed by atoms with van der Waals surface area (Å²) in [6.45, 7) is 3.11. The molecule has 0 saturated heterocycles. The van der Waals surface area contributed by atoms with Crippen LogP contribution in [0.5, 0.6) is 0 Å². The van der Waals surface area contributed by atoms with Crippen molar-refractivity contribution in [2.75, 3.05) is 19.3 Å². The van der Waals surface area contributed by atoms with Crippen LogP contribution in [-0.2, 0) is 0 Å². The number of likely N-dealkylation sites (N-methyl/N-ethyl adjacent to an activating group) is 1. The van der Waals surface area contributed by atoms with E-state index in [1.54, 1.807) is 0 Å². The van der Waals surface area contributed by atoms with Crippen molar-refractivity contribution in [3.63, 3.8) is 0 Å². The third-order valence-electron chi connectivity index (χ3n) is 3.69. The summed E-state index contributed by atoms with van der Waals surface area (Å²) in [5.41, 5.74) is 7.02. The SMILES string of the molecule is CC(CC(N)=NO)N(C)CC1CSc2ccccc21. The molecule has 0 saturated carbocycles. The minimum Gasteiger partial charge on any atom is -0.409 e. The number of nitrogens with two attached hydrogens (primary N) is 1. The highest BCUT2D eigenvalue weighted by atomic mass is 32.2. The van der Waals surface area contributed by atoms with Gasteiger partial charge >= 0.3 is 0 Å². The summed E-state index contributed by atoms with van der Waals surface area (Å²) in [4.78, 5) is 3.69. The predicted octanol–water partition coefficient (Wildman–Crippen LogP) is 2.33. The Morgan fingerprint density at radius 1 is 1.58 bits per heavy atom. The smallest absolute Gasteiger partial charge is 0.140 e. The fourth-order valence-electron chi connectivity index (χ4n) is 2.41. The quantitative estimate of drug-likeness (QED) is 0.376. The zero-order chi connectivity index (χ0) is 13.8. The van der Waals surface area contributed by atoms with Crippen LogP contribution in [0.4, 0.5) is 0 Å². The van der Waals surface area contributed by atoms with Crippen molar-refractivity contribution >= 4 is 17.6 Å². The number of oxime groups is 1. The molecule has 1 aliphatic heterocycles. The van der Waals surface area contributed by atoms with Gasteiger partial charge in [0.15, 0.2) is 0 Å². The van der Waals surface area contributed by atoms with E-state index in [-0.39, 0.29) is 6.04 Å². The van der Waals surface area contributed by atoms with Crippen LogP contribution in [0, 0.1) is 0 Å². The Morgan fingerprint density at radius 2 is 2.32 bits per heavy atom. The summed E-state index contributed by atoms with van der Waals surface area (Å²) in [7, 11) is 2.10. The van der Waals surface area contributed by atoms with Crippen molar-refractivity contribution in [3.8, 4) is 0 Å². The molecule has 1 aliphatic rings. The van der Waals surface area contributed by atoms with E-state index < -0.39 is 0 Å². The summed E-state index contributed by atoms with van der Waals surface area (Å²) in [6, 6.07) is 8.90. The number of nitrogens with zero attached hydrogens (tertiary/aromatic N) is 2. The van der Waals surface area contributed by atoms with Crippen molar-refractivity contribution in [1.29, 1.82) is 0 Å². The van der Waals surface area contributed by atoms with E-state index in [0.717, 1.165) is 12.3 Å². The molecule has 1 heterocycles. The van der Waals surface area contributed by atoms with Gasteiger partial charge in [0.1, 0.15) is 5.84 Å². The Kier molecular flexibility index (Phi) is 4.71. The van der Waals surface area contributed by atoms with Gasteiger partial charge in [-0.3, -0.25) is 0 Å². The molecule has 0 aromatic heterocycles. The standard InChI is InChI=1S/C14H21N3OS/c1-10(7-14(15)16-18)17(2)8-11-9-19-13-6-4-3-5-12(11)13/h3-6,10-11,18H,7-9H2,1-2H3,(H2,15,16). The number of hydrogen-bond donors (Lipinski definition) is 2. The van der Waals surface area contributed by atoms with E-state index in [0.29, 0.717) is 18.2 Å². The molecular weight excluding hydrogens is 258 g/mol. The first-order chi connectivity index (χ1) is 9.11. The lowest BCUT2D eigenvalue weighted by molar-refractivity contribution is 0.248.